The normalized spacial score (nSPS) is 11.9. The highest BCUT2D eigenvalue weighted by Gasteiger charge is 2.35. The van der Waals surface area contributed by atoms with Crippen LogP contribution < -0.4 is 0 Å². The molecule has 2 aromatic rings. The Morgan fingerprint density at radius 2 is 1.83 bits per heavy atom. The highest BCUT2D eigenvalue weighted by Crippen LogP contribution is 2.31. The van der Waals surface area contributed by atoms with Gasteiger partial charge in [-0.3, -0.25) is 0 Å². The van der Waals surface area contributed by atoms with Crippen molar-refractivity contribution in [3.05, 3.63) is 46.2 Å². The van der Waals surface area contributed by atoms with Gasteiger partial charge in [0.1, 0.15) is 5.15 Å². The van der Waals surface area contributed by atoms with Gasteiger partial charge in [-0.15, -0.1) is 0 Å². The van der Waals surface area contributed by atoms with Crippen LogP contribution in [0.5, 0.6) is 0 Å². The molecule has 0 saturated carbocycles. The number of alkyl halides is 3. The van der Waals surface area contributed by atoms with Gasteiger partial charge in [0.25, 0.3) is 0 Å². The summed E-state index contributed by atoms with van der Waals surface area (Å²) in [6.45, 7) is 3.70. The first-order chi connectivity index (χ1) is 8.29. The molecule has 0 bridgehead atoms. The molecule has 6 heteroatoms. The molecule has 18 heavy (non-hydrogen) atoms. The minimum atomic E-state index is -4.49. The molecule has 0 atom stereocenters. The van der Waals surface area contributed by atoms with Gasteiger partial charge in [0.15, 0.2) is 5.69 Å². The van der Waals surface area contributed by atoms with Gasteiger partial charge in [0, 0.05) is 6.07 Å². The van der Waals surface area contributed by atoms with Gasteiger partial charge in [0.2, 0.25) is 0 Å². The summed E-state index contributed by atoms with van der Waals surface area (Å²) in [5.41, 5.74) is 1.39. The van der Waals surface area contributed by atoms with Crippen LogP contribution in [-0.2, 0) is 6.18 Å². The van der Waals surface area contributed by atoms with Gasteiger partial charge in [-0.1, -0.05) is 29.3 Å². The molecule has 0 aliphatic carbocycles. The quantitative estimate of drug-likeness (QED) is 0.763. The van der Waals surface area contributed by atoms with Gasteiger partial charge in [-0.25, -0.2) is 4.68 Å². The molecule has 0 aliphatic heterocycles. The lowest BCUT2D eigenvalue weighted by molar-refractivity contribution is -0.141. The van der Waals surface area contributed by atoms with E-state index < -0.39 is 11.9 Å². The SMILES string of the molecule is Cc1ccc(-n2nc(C(F)(F)F)cc2Cl)c(C)c1. The van der Waals surface area contributed by atoms with Crippen LogP contribution in [0.15, 0.2) is 24.3 Å². The zero-order chi connectivity index (χ0) is 13.5. The maximum absolute atomic E-state index is 12.5. The second-order valence-electron chi connectivity index (χ2n) is 4.05. The fourth-order valence-corrected chi connectivity index (χ4v) is 1.94. The predicted molar refractivity (Wildman–Crippen MR) is 63.1 cm³/mol. The summed E-state index contributed by atoms with van der Waals surface area (Å²) < 4.78 is 38.7. The van der Waals surface area contributed by atoms with E-state index in [4.69, 9.17) is 11.6 Å². The Hall–Kier alpha value is -1.49. The lowest BCUT2D eigenvalue weighted by Crippen LogP contribution is -2.07. The van der Waals surface area contributed by atoms with E-state index in [9.17, 15) is 13.2 Å². The molecule has 0 radical (unpaired) electrons. The highest BCUT2D eigenvalue weighted by atomic mass is 35.5. The van der Waals surface area contributed by atoms with Crippen molar-refractivity contribution in [3.8, 4) is 5.69 Å². The molecular formula is C12H10ClF3N2. The molecule has 2 nitrogen and oxygen atoms in total. The maximum Gasteiger partial charge on any atom is 0.435 e. The molecular weight excluding hydrogens is 265 g/mol. The largest absolute Gasteiger partial charge is 0.435 e. The van der Waals surface area contributed by atoms with Gasteiger partial charge in [-0.2, -0.15) is 18.3 Å². The van der Waals surface area contributed by atoms with E-state index >= 15 is 0 Å². The minimum absolute atomic E-state index is 0.0609. The van der Waals surface area contributed by atoms with Gasteiger partial charge >= 0.3 is 6.18 Å². The van der Waals surface area contributed by atoms with Crippen molar-refractivity contribution in [2.45, 2.75) is 20.0 Å². The third kappa shape index (κ3) is 2.36. The summed E-state index contributed by atoms with van der Waals surface area (Å²) in [6.07, 6.45) is -4.49. The molecule has 96 valence electrons. The average Bonchev–Trinajstić information content (AvgIpc) is 2.60. The summed E-state index contributed by atoms with van der Waals surface area (Å²) in [7, 11) is 0. The number of hydrogen-bond donors (Lipinski definition) is 0. The van der Waals surface area contributed by atoms with Gasteiger partial charge < -0.3 is 0 Å². The molecule has 0 amide bonds. The Bertz CT molecular complexity index is 587. The lowest BCUT2D eigenvalue weighted by Gasteiger charge is -2.08. The van der Waals surface area contributed by atoms with E-state index in [1.165, 1.54) is 0 Å². The molecule has 1 heterocycles. The first kappa shape index (κ1) is 13.0. The molecule has 2 rings (SSSR count). The van der Waals surface area contributed by atoms with Crippen LogP contribution in [0.2, 0.25) is 5.15 Å². The minimum Gasteiger partial charge on any atom is -0.221 e. The van der Waals surface area contributed by atoms with Crippen LogP contribution in [0.25, 0.3) is 5.69 Å². The van der Waals surface area contributed by atoms with E-state index in [0.29, 0.717) is 5.69 Å². The molecule has 0 saturated heterocycles. The number of nitrogens with zero attached hydrogens (tertiary/aromatic N) is 2. The van der Waals surface area contributed by atoms with Crippen molar-refractivity contribution in [3.63, 3.8) is 0 Å². The topological polar surface area (TPSA) is 17.8 Å². The Morgan fingerprint density at radius 3 is 2.33 bits per heavy atom. The Morgan fingerprint density at radius 1 is 1.17 bits per heavy atom. The maximum atomic E-state index is 12.5. The lowest BCUT2D eigenvalue weighted by atomic mass is 10.1. The Kier molecular flexibility index (Phi) is 3.11. The average molecular weight is 275 g/mol. The van der Waals surface area contributed by atoms with Gasteiger partial charge in [-0.05, 0) is 25.5 Å². The van der Waals surface area contributed by atoms with Gasteiger partial charge in [0.05, 0.1) is 5.69 Å². The summed E-state index contributed by atoms with van der Waals surface area (Å²) in [4.78, 5) is 0. The van der Waals surface area contributed by atoms with E-state index in [1.54, 1.807) is 19.1 Å². The second kappa shape index (κ2) is 4.31. The van der Waals surface area contributed by atoms with Crippen molar-refractivity contribution >= 4 is 11.6 Å². The molecule has 1 aromatic heterocycles. The van der Waals surface area contributed by atoms with E-state index in [1.807, 2.05) is 13.0 Å². The number of halogens is 4. The van der Waals surface area contributed by atoms with Crippen LogP contribution >= 0.6 is 11.6 Å². The number of hydrogen-bond acceptors (Lipinski definition) is 1. The zero-order valence-electron chi connectivity index (χ0n) is 9.72. The van der Waals surface area contributed by atoms with Crippen molar-refractivity contribution in [2.24, 2.45) is 0 Å². The van der Waals surface area contributed by atoms with E-state index in [0.717, 1.165) is 21.9 Å². The van der Waals surface area contributed by atoms with Crippen molar-refractivity contribution < 1.29 is 13.2 Å². The van der Waals surface area contributed by atoms with Crippen LogP contribution in [0, 0.1) is 13.8 Å². The molecule has 0 unspecified atom stereocenters. The zero-order valence-corrected chi connectivity index (χ0v) is 10.5. The van der Waals surface area contributed by atoms with Crippen LogP contribution in [-0.4, -0.2) is 9.78 Å². The third-order valence-electron chi connectivity index (χ3n) is 2.54. The second-order valence-corrected chi connectivity index (χ2v) is 4.44. The highest BCUT2D eigenvalue weighted by molar-refractivity contribution is 6.29. The summed E-state index contributed by atoms with van der Waals surface area (Å²) >= 11 is 5.80. The fourth-order valence-electron chi connectivity index (χ4n) is 1.71. The molecule has 0 aliphatic rings. The summed E-state index contributed by atoms with van der Waals surface area (Å²) in [6, 6.07) is 6.18. The first-order valence-corrected chi connectivity index (χ1v) is 5.57. The molecule has 0 spiro atoms. The molecule has 0 fully saturated rings. The summed E-state index contributed by atoms with van der Waals surface area (Å²) in [5.74, 6) is 0. The van der Waals surface area contributed by atoms with E-state index in [2.05, 4.69) is 5.10 Å². The van der Waals surface area contributed by atoms with Crippen molar-refractivity contribution in [2.75, 3.05) is 0 Å². The predicted octanol–water partition coefficient (Wildman–Crippen LogP) is 4.16. The Labute approximate surface area is 107 Å². The number of aryl methyl sites for hydroxylation is 2. The monoisotopic (exact) mass is 274 g/mol. The van der Waals surface area contributed by atoms with Crippen LogP contribution in [0.4, 0.5) is 13.2 Å². The Balaban J connectivity index is 2.55. The molecule has 0 N–H and O–H groups in total. The number of rotatable bonds is 1. The number of aromatic nitrogens is 2. The number of benzene rings is 1. The van der Waals surface area contributed by atoms with Crippen molar-refractivity contribution in [1.29, 1.82) is 0 Å². The first-order valence-electron chi connectivity index (χ1n) is 5.19. The van der Waals surface area contributed by atoms with Crippen LogP contribution in [0.1, 0.15) is 16.8 Å². The molecule has 1 aromatic carbocycles. The van der Waals surface area contributed by atoms with Crippen LogP contribution in [0.3, 0.4) is 0 Å². The fraction of sp³-hybridized carbons (Fsp3) is 0.250. The third-order valence-corrected chi connectivity index (χ3v) is 2.81. The smallest absolute Gasteiger partial charge is 0.221 e. The summed E-state index contributed by atoms with van der Waals surface area (Å²) in [5, 5.41) is 3.44. The van der Waals surface area contributed by atoms with Crippen molar-refractivity contribution in [1.82, 2.24) is 9.78 Å². The van der Waals surface area contributed by atoms with E-state index in [-0.39, 0.29) is 5.15 Å². The standard InChI is InChI=1S/C12H10ClF3N2/c1-7-3-4-9(8(2)5-7)18-11(13)6-10(17-18)12(14,15)16/h3-6H,1-2H3.